The van der Waals surface area contributed by atoms with E-state index >= 15 is 0 Å². The number of nitrogens with one attached hydrogen (secondary N) is 1. The summed E-state index contributed by atoms with van der Waals surface area (Å²) in [5.74, 6) is 4.31. The number of hydrazine groups is 1. The van der Waals surface area contributed by atoms with Gasteiger partial charge in [-0.1, -0.05) is 30.3 Å². The molecule has 21 heavy (non-hydrogen) atoms. The second-order valence-corrected chi connectivity index (χ2v) is 4.63. The number of rotatable bonds is 6. The second kappa shape index (κ2) is 7.26. The normalized spacial score (nSPS) is 13.9. The molecule has 0 amide bonds. The number of halogens is 2. The van der Waals surface area contributed by atoms with Crippen LogP contribution in [0.1, 0.15) is 30.2 Å². The SMILES string of the molecule is CCOC(c1ccccc1)C(NN)c1cc(F)cc(F)c1. The molecule has 2 unspecified atom stereocenters. The van der Waals surface area contributed by atoms with Crippen LogP contribution in [0.15, 0.2) is 48.5 Å². The number of hydrogen-bond donors (Lipinski definition) is 2. The molecule has 0 aliphatic heterocycles. The zero-order valence-corrected chi connectivity index (χ0v) is 11.7. The van der Waals surface area contributed by atoms with Crippen molar-refractivity contribution in [3.63, 3.8) is 0 Å². The summed E-state index contributed by atoms with van der Waals surface area (Å²) in [6, 6.07) is 12.2. The van der Waals surface area contributed by atoms with Gasteiger partial charge in [0.25, 0.3) is 0 Å². The van der Waals surface area contributed by atoms with E-state index in [9.17, 15) is 8.78 Å². The number of ether oxygens (including phenoxy) is 1. The topological polar surface area (TPSA) is 47.3 Å². The number of hydrogen-bond acceptors (Lipinski definition) is 3. The van der Waals surface area contributed by atoms with E-state index in [4.69, 9.17) is 10.6 Å². The van der Waals surface area contributed by atoms with E-state index in [2.05, 4.69) is 5.43 Å². The molecule has 0 saturated carbocycles. The molecule has 2 aromatic rings. The molecule has 0 aliphatic rings. The summed E-state index contributed by atoms with van der Waals surface area (Å²) in [6.07, 6.45) is -0.442. The molecule has 0 radical (unpaired) electrons. The lowest BCUT2D eigenvalue weighted by Gasteiger charge is -2.27. The van der Waals surface area contributed by atoms with Gasteiger partial charge in [-0.05, 0) is 30.2 Å². The Bertz CT molecular complexity index is 557. The molecule has 3 nitrogen and oxygen atoms in total. The maximum absolute atomic E-state index is 13.4. The zero-order chi connectivity index (χ0) is 15.2. The largest absolute Gasteiger partial charge is 0.372 e. The minimum absolute atomic E-state index is 0.400. The van der Waals surface area contributed by atoms with Gasteiger partial charge >= 0.3 is 0 Å². The van der Waals surface area contributed by atoms with Crippen LogP contribution in [0.2, 0.25) is 0 Å². The molecule has 2 atom stereocenters. The lowest BCUT2D eigenvalue weighted by atomic mass is 9.96. The van der Waals surface area contributed by atoms with Gasteiger partial charge in [-0.3, -0.25) is 5.84 Å². The van der Waals surface area contributed by atoms with Gasteiger partial charge < -0.3 is 4.74 Å². The third-order valence-corrected chi connectivity index (χ3v) is 3.20. The Morgan fingerprint density at radius 3 is 2.19 bits per heavy atom. The van der Waals surface area contributed by atoms with Crippen molar-refractivity contribution in [2.24, 2.45) is 5.84 Å². The first kappa shape index (κ1) is 15.6. The first-order valence-corrected chi connectivity index (χ1v) is 6.74. The van der Waals surface area contributed by atoms with Crippen molar-refractivity contribution in [3.05, 3.63) is 71.3 Å². The Kier molecular flexibility index (Phi) is 5.38. The quantitative estimate of drug-likeness (QED) is 0.634. The van der Waals surface area contributed by atoms with Gasteiger partial charge in [0.05, 0.1) is 6.04 Å². The highest BCUT2D eigenvalue weighted by Crippen LogP contribution is 2.32. The van der Waals surface area contributed by atoms with Gasteiger partial charge in [-0.25, -0.2) is 14.2 Å². The van der Waals surface area contributed by atoms with E-state index in [1.807, 2.05) is 37.3 Å². The summed E-state index contributed by atoms with van der Waals surface area (Å²) in [7, 11) is 0. The van der Waals surface area contributed by atoms with Gasteiger partial charge in [0, 0.05) is 12.7 Å². The predicted octanol–water partition coefficient (Wildman–Crippen LogP) is 3.25. The molecular formula is C16H18F2N2O. The first-order chi connectivity index (χ1) is 10.2. The molecule has 0 fully saturated rings. The van der Waals surface area contributed by atoms with E-state index in [-0.39, 0.29) is 0 Å². The Balaban J connectivity index is 2.40. The van der Waals surface area contributed by atoms with Crippen LogP contribution >= 0.6 is 0 Å². The Hall–Kier alpha value is -1.82. The average molecular weight is 292 g/mol. The van der Waals surface area contributed by atoms with Crippen molar-refractivity contribution in [3.8, 4) is 0 Å². The van der Waals surface area contributed by atoms with Gasteiger partial charge in [0.2, 0.25) is 0 Å². The van der Waals surface area contributed by atoms with Crippen molar-refractivity contribution in [2.45, 2.75) is 19.1 Å². The van der Waals surface area contributed by atoms with E-state index in [0.717, 1.165) is 11.6 Å². The van der Waals surface area contributed by atoms with Crippen molar-refractivity contribution >= 4 is 0 Å². The summed E-state index contributed by atoms with van der Waals surface area (Å²) >= 11 is 0. The summed E-state index contributed by atoms with van der Waals surface area (Å²) < 4.78 is 32.6. The summed E-state index contributed by atoms with van der Waals surface area (Å²) in [5, 5.41) is 0. The fraction of sp³-hybridized carbons (Fsp3) is 0.250. The van der Waals surface area contributed by atoms with Gasteiger partial charge in [0.1, 0.15) is 17.7 Å². The van der Waals surface area contributed by atoms with E-state index in [1.165, 1.54) is 12.1 Å². The van der Waals surface area contributed by atoms with Crippen LogP contribution < -0.4 is 11.3 Å². The lowest BCUT2D eigenvalue weighted by Crippen LogP contribution is -2.34. The number of benzene rings is 2. The van der Waals surface area contributed by atoms with Crippen LogP contribution in [0, 0.1) is 11.6 Å². The maximum atomic E-state index is 13.4. The molecule has 3 N–H and O–H groups in total. The minimum Gasteiger partial charge on any atom is -0.372 e. The van der Waals surface area contributed by atoms with Gasteiger partial charge in [0.15, 0.2) is 0 Å². The Labute approximate surface area is 122 Å². The Morgan fingerprint density at radius 2 is 1.67 bits per heavy atom. The van der Waals surface area contributed by atoms with Crippen molar-refractivity contribution < 1.29 is 13.5 Å². The smallest absolute Gasteiger partial charge is 0.126 e. The minimum atomic E-state index is -0.645. The summed E-state index contributed by atoms with van der Waals surface area (Å²) in [5.41, 5.74) is 3.88. The predicted molar refractivity (Wildman–Crippen MR) is 77.2 cm³/mol. The average Bonchev–Trinajstić information content (AvgIpc) is 2.47. The third kappa shape index (κ3) is 3.85. The van der Waals surface area contributed by atoms with Crippen LogP contribution in [0.3, 0.4) is 0 Å². The highest BCUT2D eigenvalue weighted by atomic mass is 19.1. The maximum Gasteiger partial charge on any atom is 0.126 e. The van der Waals surface area contributed by atoms with Crippen molar-refractivity contribution in [2.75, 3.05) is 6.61 Å². The number of nitrogens with two attached hydrogens (primary N) is 1. The molecule has 0 aliphatic carbocycles. The molecule has 0 spiro atoms. The summed E-state index contributed by atoms with van der Waals surface area (Å²) in [6.45, 7) is 2.31. The molecule has 112 valence electrons. The molecule has 0 heterocycles. The third-order valence-electron chi connectivity index (χ3n) is 3.20. The zero-order valence-electron chi connectivity index (χ0n) is 11.7. The standard InChI is InChI=1S/C16H18F2N2O/c1-2-21-16(11-6-4-3-5-7-11)15(20-19)12-8-13(17)10-14(18)9-12/h3-10,15-16,20H,2,19H2,1H3. The fourth-order valence-corrected chi connectivity index (χ4v) is 2.32. The molecular weight excluding hydrogens is 274 g/mol. The molecule has 5 heteroatoms. The molecule has 0 bridgehead atoms. The highest BCUT2D eigenvalue weighted by Gasteiger charge is 2.25. The van der Waals surface area contributed by atoms with Crippen molar-refractivity contribution in [1.29, 1.82) is 0 Å². The molecule has 0 aromatic heterocycles. The van der Waals surface area contributed by atoms with Crippen LogP contribution in [-0.4, -0.2) is 6.61 Å². The first-order valence-electron chi connectivity index (χ1n) is 6.74. The van der Waals surface area contributed by atoms with E-state index < -0.39 is 23.8 Å². The van der Waals surface area contributed by atoms with Gasteiger partial charge in [-0.2, -0.15) is 0 Å². The molecule has 2 aromatic carbocycles. The molecule has 2 rings (SSSR count). The monoisotopic (exact) mass is 292 g/mol. The van der Waals surface area contributed by atoms with Crippen LogP contribution in [-0.2, 0) is 4.74 Å². The summed E-state index contributed by atoms with van der Waals surface area (Å²) in [4.78, 5) is 0. The van der Waals surface area contributed by atoms with Crippen LogP contribution in [0.5, 0.6) is 0 Å². The van der Waals surface area contributed by atoms with E-state index in [1.54, 1.807) is 0 Å². The fourth-order valence-electron chi connectivity index (χ4n) is 2.32. The van der Waals surface area contributed by atoms with Gasteiger partial charge in [-0.15, -0.1) is 0 Å². The van der Waals surface area contributed by atoms with E-state index in [0.29, 0.717) is 12.2 Å². The highest BCUT2D eigenvalue weighted by molar-refractivity contribution is 5.27. The second-order valence-electron chi connectivity index (χ2n) is 4.63. The van der Waals surface area contributed by atoms with Crippen molar-refractivity contribution in [1.82, 2.24) is 5.43 Å². The van der Waals surface area contributed by atoms with Crippen LogP contribution in [0.4, 0.5) is 8.78 Å². The Morgan fingerprint density at radius 1 is 1.05 bits per heavy atom. The lowest BCUT2D eigenvalue weighted by molar-refractivity contribution is 0.0325. The molecule has 0 saturated heterocycles. The van der Waals surface area contributed by atoms with Crippen LogP contribution in [0.25, 0.3) is 0 Å².